The van der Waals surface area contributed by atoms with Crippen LogP contribution in [0.3, 0.4) is 0 Å². The molecule has 0 amide bonds. The van der Waals surface area contributed by atoms with Crippen molar-refractivity contribution in [3.8, 4) is 0 Å². The van der Waals surface area contributed by atoms with E-state index in [-0.39, 0.29) is 31.4 Å². The zero-order chi connectivity index (χ0) is 14.4. The summed E-state index contributed by atoms with van der Waals surface area (Å²) in [5.74, 6) is -2.80. The molecule has 0 aliphatic heterocycles. The number of ether oxygens (including phenoxy) is 1. The number of hydrogen-bond acceptors (Lipinski definition) is 3. The SMILES string of the molecule is CCOC(=O)CCCC(=O)c1cc(F)c(Cl)c(F)c1. The van der Waals surface area contributed by atoms with Crippen LogP contribution in [0.25, 0.3) is 0 Å². The van der Waals surface area contributed by atoms with Crippen molar-refractivity contribution in [3.05, 3.63) is 34.4 Å². The third kappa shape index (κ3) is 4.59. The summed E-state index contributed by atoms with van der Waals surface area (Å²) in [6.45, 7) is 1.96. The largest absolute Gasteiger partial charge is 0.466 e. The molecule has 0 heterocycles. The zero-order valence-corrected chi connectivity index (χ0v) is 11.1. The summed E-state index contributed by atoms with van der Waals surface area (Å²) in [5.41, 5.74) is -0.0942. The van der Waals surface area contributed by atoms with Crippen molar-refractivity contribution in [2.75, 3.05) is 6.61 Å². The van der Waals surface area contributed by atoms with Gasteiger partial charge in [-0.1, -0.05) is 11.6 Å². The molecule has 104 valence electrons. The van der Waals surface area contributed by atoms with E-state index in [9.17, 15) is 18.4 Å². The first-order valence-electron chi connectivity index (χ1n) is 5.79. The number of ketones is 1. The van der Waals surface area contributed by atoms with Crippen LogP contribution < -0.4 is 0 Å². The normalized spacial score (nSPS) is 10.3. The Kier molecular flexibility index (Phi) is 5.89. The van der Waals surface area contributed by atoms with Gasteiger partial charge < -0.3 is 4.74 Å². The van der Waals surface area contributed by atoms with Gasteiger partial charge in [-0.15, -0.1) is 0 Å². The summed E-state index contributed by atoms with van der Waals surface area (Å²) < 4.78 is 31.0. The van der Waals surface area contributed by atoms with E-state index in [1.807, 2.05) is 0 Å². The lowest BCUT2D eigenvalue weighted by Gasteiger charge is -2.04. The molecular formula is C13H13ClF2O3. The van der Waals surface area contributed by atoms with E-state index >= 15 is 0 Å². The summed E-state index contributed by atoms with van der Waals surface area (Å²) in [6.07, 6.45) is 0.376. The van der Waals surface area contributed by atoms with Crippen LogP contribution in [0.1, 0.15) is 36.5 Å². The molecule has 0 bridgehead atoms. The highest BCUT2D eigenvalue weighted by molar-refractivity contribution is 6.31. The van der Waals surface area contributed by atoms with E-state index in [0.29, 0.717) is 0 Å². The van der Waals surface area contributed by atoms with Gasteiger partial charge in [0.15, 0.2) is 5.78 Å². The minimum Gasteiger partial charge on any atom is -0.466 e. The lowest BCUT2D eigenvalue weighted by Crippen LogP contribution is -2.06. The highest BCUT2D eigenvalue weighted by Gasteiger charge is 2.14. The number of rotatable bonds is 6. The molecule has 0 unspecified atom stereocenters. The molecule has 0 N–H and O–H groups in total. The van der Waals surface area contributed by atoms with E-state index in [4.69, 9.17) is 16.3 Å². The molecule has 1 aromatic carbocycles. The lowest BCUT2D eigenvalue weighted by molar-refractivity contribution is -0.143. The summed E-state index contributed by atoms with van der Waals surface area (Å²) in [5, 5.41) is -0.636. The predicted octanol–water partition coefficient (Wildman–Crippen LogP) is 3.53. The van der Waals surface area contributed by atoms with Gasteiger partial charge in [-0.2, -0.15) is 0 Å². The minimum absolute atomic E-state index is 0.0132. The van der Waals surface area contributed by atoms with Gasteiger partial charge in [0.1, 0.15) is 16.7 Å². The van der Waals surface area contributed by atoms with Crippen molar-refractivity contribution < 1.29 is 23.1 Å². The van der Waals surface area contributed by atoms with Crippen molar-refractivity contribution in [2.45, 2.75) is 26.2 Å². The standard InChI is InChI=1S/C13H13ClF2O3/c1-2-19-12(18)5-3-4-11(17)8-6-9(15)13(14)10(16)7-8/h6-7H,2-5H2,1H3. The molecular weight excluding hydrogens is 278 g/mol. The van der Waals surface area contributed by atoms with Crippen molar-refractivity contribution >= 4 is 23.4 Å². The highest BCUT2D eigenvalue weighted by atomic mass is 35.5. The maximum atomic E-state index is 13.2. The second kappa shape index (κ2) is 7.19. The number of esters is 1. The minimum atomic E-state index is -0.976. The number of carbonyl (C=O) groups excluding carboxylic acids is 2. The maximum Gasteiger partial charge on any atom is 0.305 e. The van der Waals surface area contributed by atoms with Gasteiger partial charge in [-0.25, -0.2) is 8.78 Å². The Morgan fingerprint density at radius 2 is 1.79 bits per heavy atom. The van der Waals surface area contributed by atoms with Gasteiger partial charge in [0.2, 0.25) is 0 Å². The van der Waals surface area contributed by atoms with Crippen molar-refractivity contribution in [3.63, 3.8) is 0 Å². The van der Waals surface area contributed by atoms with Crippen LogP contribution in [0.4, 0.5) is 8.78 Å². The Hall–Kier alpha value is -1.49. The average Bonchev–Trinajstić information content (AvgIpc) is 2.35. The van der Waals surface area contributed by atoms with Crippen LogP contribution in [-0.4, -0.2) is 18.4 Å². The van der Waals surface area contributed by atoms with Gasteiger partial charge in [0, 0.05) is 18.4 Å². The molecule has 0 aliphatic carbocycles. The Balaban J connectivity index is 2.57. The molecule has 0 atom stereocenters. The zero-order valence-electron chi connectivity index (χ0n) is 10.3. The molecule has 1 aromatic rings. The molecule has 0 fully saturated rings. The predicted molar refractivity (Wildman–Crippen MR) is 66.2 cm³/mol. The van der Waals surface area contributed by atoms with Crippen LogP contribution in [0.15, 0.2) is 12.1 Å². The molecule has 19 heavy (non-hydrogen) atoms. The lowest BCUT2D eigenvalue weighted by atomic mass is 10.1. The number of carbonyl (C=O) groups is 2. The molecule has 3 nitrogen and oxygen atoms in total. The molecule has 1 rings (SSSR count). The van der Waals surface area contributed by atoms with Crippen LogP contribution in [0.5, 0.6) is 0 Å². The fourth-order valence-corrected chi connectivity index (χ4v) is 1.60. The summed E-state index contributed by atoms with van der Waals surface area (Å²) in [6, 6.07) is 1.77. The Morgan fingerprint density at radius 1 is 1.21 bits per heavy atom. The van der Waals surface area contributed by atoms with E-state index in [1.165, 1.54) is 0 Å². The van der Waals surface area contributed by atoms with Crippen molar-refractivity contribution in [1.29, 1.82) is 0 Å². The first kappa shape index (κ1) is 15.6. The van der Waals surface area contributed by atoms with Gasteiger partial charge in [-0.05, 0) is 25.5 Å². The highest BCUT2D eigenvalue weighted by Crippen LogP contribution is 2.21. The van der Waals surface area contributed by atoms with Gasteiger partial charge in [-0.3, -0.25) is 9.59 Å². The summed E-state index contributed by atoms with van der Waals surface area (Å²) in [4.78, 5) is 22.7. The molecule has 0 aromatic heterocycles. The number of halogens is 3. The van der Waals surface area contributed by atoms with Crippen LogP contribution in [0, 0.1) is 11.6 Å². The maximum absolute atomic E-state index is 13.2. The monoisotopic (exact) mass is 290 g/mol. The fourth-order valence-electron chi connectivity index (χ4n) is 1.49. The van der Waals surface area contributed by atoms with Gasteiger partial charge in [0.05, 0.1) is 6.61 Å². The Morgan fingerprint density at radius 3 is 2.32 bits per heavy atom. The summed E-state index contributed by atoms with van der Waals surface area (Å²) >= 11 is 5.31. The Bertz CT molecular complexity index is 466. The topological polar surface area (TPSA) is 43.4 Å². The smallest absolute Gasteiger partial charge is 0.305 e. The Labute approximate surface area is 114 Å². The van der Waals surface area contributed by atoms with Gasteiger partial charge >= 0.3 is 5.97 Å². The third-order valence-corrected chi connectivity index (χ3v) is 2.76. The quantitative estimate of drug-likeness (QED) is 0.457. The summed E-state index contributed by atoms with van der Waals surface area (Å²) in [7, 11) is 0. The fraction of sp³-hybridized carbons (Fsp3) is 0.385. The van der Waals surface area contributed by atoms with E-state index in [1.54, 1.807) is 6.92 Å². The van der Waals surface area contributed by atoms with E-state index in [2.05, 4.69) is 0 Å². The number of Topliss-reactive ketones (excluding diaryl/α,β-unsaturated/α-hetero) is 1. The van der Waals surface area contributed by atoms with Gasteiger partial charge in [0.25, 0.3) is 0 Å². The molecule has 0 spiro atoms. The van der Waals surface area contributed by atoms with Crippen LogP contribution in [-0.2, 0) is 9.53 Å². The van der Waals surface area contributed by atoms with E-state index in [0.717, 1.165) is 12.1 Å². The molecule has 0 saturated carbocycles. The first-order valence-corrected chi connectivity index (χ1v) is 6.16. The second-order valence-electron chi connectivity index (χ2n) is 3.84. The average molecular weight is 291 g/mol. The van der Waals surface area contributed by atoms with Crippen LogP contribution >= 0.6 is 11.6 Å². The van der Waals surface area contributed by atoms with Crippen LogP contribution in [0.2, 0.25) is 5.02 Å². The number of hydrogen-bond donors (Lipinski definition) is 0. The van der Waals surface area contributed by atoms with E-state index < -0.39 is 28.4 Å². The molecule has 6 heteroatoms. The third-order valence-electron chi connectivity index (χ3n) is 2.40. The first-order chi connectivity index (χ1) is 8.95. The molecule has 0 radical (unpaired) electrons. The molecule has 0 saturated heterocycles. The number of benzene rings is 1. The van der Waals surface area contributed by atoms with Crippen molar-refractivity contribution in [2.24, 2.45) is 0 Å². The van der Waals surface area contributed by atoms with Crippen molar-refractivity contribution in [1.82, 2.24) is 0 Å². The molecule has 0 aliphatic rings. The second-order valence-corrected chi connectivity index (χ2v) is 4.21.